The van der Waals surface area contributed by atoms with Crippen LogP contribution in [-0.4, -0.2) is 26.7 Å². The van der Waals surface area contributed by atoms with Gasteiger partial charge in [-0.15, -0.1) is 12.1 Å². The van der Waals surface area contributed by atoms with E-state index < -0.39 is 5.97 Å². The molecule has 1 aliphatic heterocycles. The van der Waals surface area contributed by atoms with Gasteiger partial charge in [-0.3, -0.25) is 14.6 Å². The maximum Gasteiger partial charge on any atom is 1.00 e. The molecule has 1 fully saturated rings. The zero-order valence-corrected chi connectivity index (χ0v) is 22.7. The van der Waals surface area contributed by atoms with Crippen molar-refractivity contribution >= 4 is 40.6 Å². The first-order chi connectivity index (χ1) is 17.0. The predicted octanol–water partition coefficient (Wildman–Crippen LogP) is 2.93. The van der Waals surface area contributed by atoms with Crippen LogP contribution in [0.15, 0.2) is 107 Å². The Bertz CT molecular complexity index is 1360. The zero-order chi connectivity index (χ0) is 24.6. The van der Waals surface area contributed by atoms with E-state index in [1.54, 1.807) is 12.1 Å². The molecule has 0 bridgehead atoms. The molecule has 174 valence electrons. The summed E-state index contributed by atoms with van der Waals surface area (Å²) in [6.07, 6.45) is 5.95. The Hall–Kier alpha value is -3.36. The fraction of sp³-hybridized carbons (Fsp3) is 0.0357. The van der Waals surface area contributed by atoms with E-state index in [2.05, 4.69) is 57.3 Å². The third kappa shape index (κ3) is 7.57. The van der Waals surface area contributed by atoms with Crippen molar-refractivity contribution in [1.82, 2.24) is 9.88 Å². The van der Waals surface area contributed by atoms with Crippen LogP contribution in [0.3, 0.4) is 0 Å². The minimum absolute atomic E-state index is 0. The zero-order valence-electron chi connectivity index (χ0n) is 19.9. The summed E-state index contributed by atoms with van der Waals surface area (Å²) in [6, 6.07) is 30.9. The molecule has 0 spiro atoms. The summed E-state index contributed by atoms with van der Waals surface area (Å²) in [6.45, 7) is 1.08. The number of carbonyl (C=O) groups is 2. The van der Waals surface area contributed by atoms with Crippen LogP contribution in [-0.2, 0) is 9.59 Å². The maximum atomic E-state index is 12.3. The molecule has 0 radical (unpaired) electrons. The molecule has 0 saturated carbocycles. The van der Waals surface area contributed by atoms with Gasteiger partial charge in [-0.2, -0.15) is 18.2 Å². The summed E-state index contributed by atoms with van der Waals surface area (Å²) < 4.78 is 2.08. The van der Waals surface area contributed by atoms with Crippen LogP contribution >= 0.6 is 11.8 Å². The van der Waals surface area contributed by atoms with E-state index in [1.807, 2.05) is 54.9 Å². The fourth-order valence-corrected chi connectivity index (χ4v) is 4.15. The minimum Gasteiger partial charge on any atom is -0.481 e. The number of amidine groups is 1. The fourth-order valence-electron chi connectivity index (χ4n) is 3.31. The third-order valence-corrected chi connectivity index (χ3v) is 5.80. The van der Waals surface area contributed by atoms with Gasteiger partial charge in [-0.1, -0.05) is 36.4 Å². The molecule has 1 aromatic heterocycles. The molecule has 1 amide bonds. The number of carboxylic acid groups (broad SMARTS) is 1. The molecule has 2 N–H and O–H groups in total. The monoisotopic (exact) mass is 503 g/mol. The number of nitrogens with one attached hydrogen (secondary N) is 1. The molecule has 0 aliphatic carbocycles. The SMILES string of the molecule is CC(=O)O.O=C1NC(=Nc2cc[c-]cc2)SC1=Cc1ccc(-c2ccc(-n3cccc3)cc2)cc1.[Na+]. The van der Waals surface area contributed by atoms with Crippen molar-refractivity contribution in [3.05, 3.63) is 114 Å². The number of hydrogen-bond donors (Lipinski definition) is 2. The van der Waals surface area contributed by atoms with Crippen molar-refractivity contribution in [2.75, 3.05) is 0 Å². The van der Waals surface area contributed by atoms with Crippen molar-refractivity contribution < 1.29 is 44.3 Å². The van der Waals surface area contributed by atoms with Gasteiger partial charge in [-0.05, 0) is 64.5 Å². The number of rotatable bonds is 4. The molecule has 6 nitrogen and oxygen atoms in total. The number of aromatic nitrogens is 1. The Morgan fingerprint density at radius 3 is 2.11 bits per heavy atom. The van der Waals surface area contributed by atoms with Crippen molar-refractivity contribution in [2.24, 2.45) is 4.99 Å². The molecule has 36 heavy (non-hydrogen) atoms. The van der Waals surface area contributed by atoms with Crippen molar-refractivity contribution in [1.29, 1.82) is 0 Å². The first kappa shape index (κ1) is 27.2. The number of thioether (sulfide) groups is 1. The van der Waals surface area contributed by atoms with E-state index in [4.69, 9.17) is 9.90 Å². The Morgan fingerprint density at radius 1 is 0.972 bits per heavy atom. The summed E-state index contributed by atoms with van der Waals surface area (Å²) >= 11 is 1.35. The van der Waals surface area contributed by atoms with Gasteiger partial charge < -0.3 is 15.0 Å². The van der Waals surface area contributed by atoms with E-state index in [9.17, 15) is 4.79 Å². The van der Waals surface area contributed by atoms with Crippen LogP contribution in [0.5, 0.6) is 0 Å². The smallest absolute Gasteiger partial charge is 0.481 e. The number of hydrogen-bond acceptors (Lipinski definition) is 4. The minimum atomic E-state index is -0.833. The van der Waals surface area contributed by atoms with Crippen LogP contribution < -0.4 is 34.9 Å². The van der Waals surface area contributed by atoms with Gasteiger partial charge in [0.05, 0.1) is 4.91 Å². The average Bonchev–Trinajstić information content (AvgIpc) is 3.50. The van der Waals surface area contributed by atoms with Crippen molar-refractivity contribution in [3.63, 3.8) is 0 Å². The second kappa shape index (κ2) is 13.1. The van der Waals surface area contributed by atoms with Crippen LogP contribution in [0.1, 0.15) is 12.5 Å². The Labute approximate surface area is 236 Å². The molecule has 2 heterocycles. The quantitative estimate of drug-likeness (QED) is 0.255. The van der Waals surface area contributed by atoms with Gasteiger partial charge in [0.1, 0.15) is 0 Å². The number of carboxylic acids is 1. The summed E-state index contributed by atoms with van der Waals surface area (Å²) in [7, 11) is 0. The van der Waals surface area contributed by atoms with Gasteiger partial charge >= 0.3 is 29.6 Å². The second-order valence-electron chi connectivity index (χ2n) is 7.52. The van der Waals surface area contributed by atoms with Gasteiger partial charge in [0.25, 0.3) is 11.9 Å². The molecule has 3 aromatic carbocycles. The first-order valence-electron chi connectivity index (χ1n) is 10.8. The summed E-state index contributed by atoms with van der Waals surface area (Å²) in [5, 5.41) is 10.8. The number of benzene rings is 3. The van der Waals surface area contributed by atoms with E-state index in [1.165, 1.54) is 11.8 Å². The van der Waals surface area contributed by atoms with E-state index >= 15 is 0 Å². The number of amides is 1. The Morgan fingerprint density at radius 2 is 1.53 bits per heavy atom. The normalized spacial score (nSPS) is 14.5. The maximum absolute atomic E-state index is 12.3. The molecule has 8 heteroatoms. The van der Waals surface area contributed by atoms with Gasteiger partial charge in [-0.25, -0.2) is 0 Å². The average molecular weight is 504 g/mol. The van der Waals surface area contributed by atoms with E-state index in [-0.39, 0.29) is 35.5 Å². The summed E-state index contributed by atoms with van der Waals surface area (Å²) in [5.74, 6) is -0.962. The van der Waals surface area contributed by atoms with Crippen LogP contribution in [0.2, 0.25) is 0 Å². The van der Waals surface area contributed by atoms with Gasteiger partial charge in [0.2, 0.25) is 0 Å². The Balaban J connectivity index is 0.000000674. The van der Waals surface area contributed by atoms with Crippen LogP contribution in [0, 0.1) is 6.07 Å². The number of aliphatic carboxylic acids is 1. The Kier molecular flexibility index (Phi) is 9.90. The molecule has 1 saturated heterocycles. The number of aliphatic imine (C=N–C) groups is 1. The van der Waals surface area contributed by atoms with E-state index in [0.29, 0.717) is 10.1 Å². The summed E-state index contributed by atoms with van der Waals surface area (Å²) in [5.41, 5.74) is 5.17. The third-order valence-electron chi connectivity index (χ3n) is 4.89. The molecular formula is C28H22N3NaO3S. The molecule has 4 aromatic rings. The molecular weight excluding hydrogens is 481 g/mol. The topological polar surface area (TPSA) is 83.7 Å². The molecule has 0 atom stereocenters. The number of carbonyl (C=O) groups excluding carboxylic acids is 1. The largest absolute Gasteiger partial charge is 1.00 e. The summed E-state index contributed by atoms with van der Waals surface area (Å²) in [4.78, 5) is 26.4. The van der Waals surface area contributed by atoms with Crippen LogP contribution in [0.25, 0.3) is 22.9 Å². The van der Waals surface area contributed by atoms with Gasteiger partial charge in [0, 0.05) is 25.0 Å². The van der Waals surface area contributed by atoms with Crippen LogP contribution in [0.4, 0.5) is 5.69 Å². The predicted molar refractivity (Wildman–Crippen MR) is 141 cm³/mol. The first-order valence-corrected chi connectivity index (χ1v) is 11.6. The van der Waals surface area contributed by atoms with Gasteiger partial charge in [0.15, 0.2) is 5.17 Å². The van der Waals surface area contributed by atoms with Crippen molar-refractivity contribution in [2.45, 2.75) is 6.92 Å². The van der Waals surface area contributed by atoms with E-state index in [0.717, 1.165) is 35.0 Å². The number of nitrogens with zero attached hydrogens (tertiary/aromatic N) is 2. The second-order valence-corrected chi connectivity index (χ2v) is 8.55. The molecule has 1 aliphatic rings. The molecule has 5 rings (SSSR count). The van der Waals surface area contributed by atoms with Crippen molar-refractivity contribution in [3.8, 4) is 16.8 Å². The standard InChI is InChI=1S/C26H18N3OS.C2H4O2.Na/c30-25-24(31-26(28-25)27-22-6-2-1-3-7-22)18-19-8-10-20(11-9-19)21-12-14-23(15-13-21)29-16-4-5-17-29;1-2(3)4;/h2-18H,(H,27,28,30);1H3,(H,3,4);/q-1;;+1. The molecule has 0 unspecified atom stereocenters.